The first-order valence-corrected chi connectivity index (χ1v) is 17.4. The number of aromatic nitrogens is 1. The van der Waals surface area contributed by atoms with Gasteiger partial charge < -0.3 is 35.5 Å². The Bertz CT molecular complexity index is 1470. The van der Waals surface area contributed by atoms with Gasteiger partial charge in [0.2, 0.25) is 17.7 Å². The molecule has 260 valence electrons. The number of carbonyl (C=O) groups excluding carboxylic acids is 3. The quantitative estimate of drug-likeness (QED) is 0.137. The Kier molecular flexibility index (Phi) is 13.8. The molecule has 1 fully saturated rings. The van der Waals surface area contributed by atoms with Crippen LogP contribution in [0.3, 0.4) is 0 Å². The van der Waals surface area contributed by atoms with E-state index in [2.05, 4.69) is 15.6 Å². The number of likely N-dealkylation sites (tertiary alicyclic amines) is 1. The van der Waals surface area contributed by atoms with E-state index in [4.69, 9.17) is 19.9 Å². The summed E-state index contributed by atoms with van der Waals surface area (Å²) in [6, 6.07) is 13.9. The number of hydrogen-bond acceptors (Lipinski definition) is 9. The lowest BCUT2D eigenvalue weighted by Crippen LogP contribution is -2.58. The molecule has 12 heteroatoms. The van der Waals surface area contributed by atoms with Crippen LogP contribution in [0.15, 0.2) is 54.0 Å². The summed E-state index contributed by atoms with van der Waals surface area (Å²) in [6.07, 6.45) is 2.68. The van der Waals surface area contributed by atoms with Gasteiger partial charge in [-0.1, -0.05) is 45.0 Å². The number of nitrogen functional groups attached to an aromatic ring is 1. The number of benzene rings is 2. The zero-order chi connectivity index (χ0) is 34.5. The van der Waals surface area contributed by atoms with Crippen molar-refractivity contribution in [3.63, 3.8) is 0 Å². The monoisotopic (exact) mass is 679 g/mol. The second-order valence-corrected chi connectivity index (χ2v) is 13.9. The first kappa shape index (κ1) is 36.8. The molecule has 0 spiro atoms. The number of ether oxygens (including phenoxy) is 3. The molecule has 1 saturated heterocycles. The number of hydrogen-bond donors (Lipinski definition) is 3. The number of anilines is 1. The Morgan fingerprint density at radius 2 is 1.69 bits per heavy atom. The highest BCUT2D eigenvalue weighted by molar-refractivity contribution is 7.13. The van der Waals surface area contributed by atoms with Crippen LogP contribution in [-0.4, -0.2) is 79.3 Å². The van der Waals surface area contributed by atoms with Gasteiger partial charge in [0.25, 0.3) is 0 Å². The van der Waals surface area contributed by atoms with Gasteiger partial charge in [-0.05, 0) is 67.0 Å². The van der Waals surface area contributed by atoms with Gasteiger partial charge >= 0.3 is 0 Å². The van der Waals surface area contributed by atoms with Crippen molar-refractivity contribution in [2.75, 3.05) is 45.3 Å². The molecule has 2 atom stereocenters. The molecule has 1 aliphatic rings. The number of rotatable bonds is 17. The molecule has 48 heavy (non-hydrogen) atoms. The van der Waals surface area contributed by atoms with Gasteiger partial charge in [0.15, 0.2) is 0 Å². The minimum Gasteiger partial charge on any atom is -0.494 e. The Labute approximate surface area is 287 Å². The van der Waals surface area contributed by atoms with Crippen molar-refractivity contribution in [3.8, 4) is 16.2 Å². The molecule has 11 nitrogen and oxygen atoms in total. The van der Waals surface area contributed by atoms with E-state index in [1.54, 1.807) is 28.4 Å². The molecule has 2 aromatic carbocycles. The van der Waals surface area contributed by atoms with E-state index in [-0.39, 0.29) is 24.3 Å². The second-order valence-electron chi connectivity index (χ2n) is 13.0. The summed E-state index contributed by atoms with van der Waals surface area (Å²) in [5, 5.41) is 5.88. The fourth-order valence-electron chi connectivity index (χ4n) is 5.43. The van der Waals surface area contributed by atoms with Crippen LogP contribution in [0.4, 0.5) is 5.69 Å². The minimum absolute atomic E-state index is 0.166. The molecular weight excluding hydrogens is 630 g/mol. The Hall–Kier alpha value is -4.00. The zero-order valence-corrected chi connectivity index (χ0v) is 29.3. The lowest BCUT2D eigenvalue weighted by atomic mass is 9.85. The van der Waals surface area contributed by atoms with Crippen molar-refractivity contribution in [2.24, 2.45) is 5.41 Å². The topological polar surface area (TPSA) is 145 Å². The number of aryl methyl sites for hydroxylation is 1. The molecule has 2 unspecified atom stereocenters. The van der Waals surface area contributed by atoms with Gasteiger partial charge in [-0.2, -0.15) is 0 Å². The molecule has 0 aliphatic carbocycles. The van der Waals surface area contributed by atoms with Gasteiger partial charge in [-0.3, -0.25) is 14.4 Å². The van der Waals surface area contributed by atoms with Crippen LogP contribution in [0, 0.1) is 12.3 Å². The van der Waals surface area contributed by atoms with E-state index in [0.29, 0.717) is 58.0 Å². The van der Waals surface area contributed by atoms with E-state index in [1.165, 1.54) is 0 Å². The van der Waals surface area contributed by atoms with E-state index in [0.717, 1.165) is 40.3 Å². The standard InChI is InChI=1S/C36H49N5O6S/c1-25-32(48-24-39-25)27-11-9-26(10-12-27)22-38-34(43)30-8-5-17-41(30)35(44)33(36(2,3)4)40-31(42)23-46-20-6-18-45-19-7-21-47-29-15-13-28(37)14-16-29/h9-16,24,30,33H,5-8,17-23,37H2,1-4H3,(H,38,43)(H,40,42). The first-order chi connectivity index (χ1) is 23.0. The number of nitrogens with zero attached hydrogens (tertiary/aromatic N) is 2. The Balaban J connectivity index is 1.15. The minimum atomic E-state index is -0.802. The highest BCUT2D eigenvalue weighted by atomic mass is 32.1. The summed E-state index contributed by atoms with van der Waals surface area (Å²) in [7, 11) is 0. The molecule has 0 radical (unpaired) electrons. The lowest BCUT2D eigenvalue weighted by Gasteiger charge is -2.35. The maximum Gasteiger partial charge on any atom is 0.246 e. The van der Waals surface area contributed by atoms with Crippen LogP contribution in [0.2, 0.25) is 0 Å². The van der Waals surface area contributed by atoms with Gasteiger partial charge in [-0.15, -0.1) is 11.3 Å². The molecule has 4 rings (SSSR count). The first-order valence-electron chi connectivity index (χ1n) is 16.5. The molecule has 0 saturated carbocycles. The third kappa shape index (κ3) is 11.0. The molecule has 1 aliphatic heterocycles. The van der Waals surface area contributed by atoms with Crippen LogP contribution in [0.1, 0.15) is 57.7 Å². The van der Waals surface area contributed by atoms with Crippen LogP contribution in [0.25, 0.3) is 10.4 Å². The maximum absolute atomic E-state index is 13.8. The summed E-state index contributed by atoms with van der Waals surface area (Å²) < 4.78 is 16.8. The molecule has 1 aromatic heterocycles. The third-order valence-electron chi connectivity index (χ3n) is 8.08. The SMILES string of the molecule is Cc1ncsc1-c1ccc(CNC(=O)C2CCCN2C(=O)C(NC(=O)COCCCOCCCOc2ccc(N)cc2)C(C)(C)C)cc1. The van der Waals surface area contributed by atoms with Crippen LogP contribution in [0.5, 0.6) is 5.75 Å². The summed E-state index contributed by atoms with van der Waals surface area (Å²) >= 11 is 1.60. The summed E-state index contributed by atoms with van der Waals surface area (Å²) in [6.45, 7) is 10.3. The highest BCUT2D eigenvalue weighted by Gasteiger charge is 2.41. The molecule has 3 amide bonds. The smallest absolute Gasteiger partial charge is 0.246 e. The van der Waals surface area contributed by atoms with Gasteiger partial charge in [0, 0.05) is 45.0 Å². The van der Waals surface area contributed by atoms with Crippen molar-refractivity contribution >= 4 is 34.7 Å². The number of nitrogens with one attached hydrogen (secondary N) is 2. The second kappa shape index (κ2) is 18.0. The zero-order valence-electron chi connectivity index (χ0n) is 28.5. The van der Waals surface area contributed by atoms with Gasteiger partial charge in [0.1, 0.15) is 24.4 Å². The van der Waals surface area contributed by atoms with Crippen LogP contribution >= 0.6 is 11.3 Å². The van der Waals surface area contributed by atoms with Crippen LogP contribution < -0.4 is 21.1 Å². The van der Waals surface area contributed by atoms with E-state index >= 15 is 0 Å². The van der Waals surface area contributed by atoms with Gasteiger partial charge in [0.05, 0.1) is 22.7 Å². The predicted octanol–water partition coefficient (Wildman–Crippen LogP) is 4.73. The van der Waals surface area contributed by atoms with Crippen molar-refractivity contribution in [1.82, 2.24) is 20.5 Å². The number of thiazole rings is 1. The number of carbonyl (C=O) groups is 3. The molecular formula is C36H49N5O6S. The molecule has 2 heterocycles. The fourth-order valence-corrected chi connectivity index (χ4v) is 6.24. The van der Waals surface area contributed by atoms with Crippen molar-refractivity contribution < 1.29 is 28.6 Å². The van der Waals surface area contributed by atoms with Gasteiger partial charge in [-0.25, -0.2) is 4.98 Å². The predicted molar refractivity (Wildman–Crippen MR) is 187 cm³/mol. The average molecular weight is 680 g/mol. The van der Waals surface area contributed by atoms with Crippen LogP contribution in [-0.2, 0) is 30.4 Å². The van der Waals surface area contributed by atoms with E-state index in [1.807, 2.05) is 69.6 Å². The molecule has 4 N–H and O–H groups in total. The summed E-state index contributed by atoms with van der Waals surface area (Å²) in [4.78, 5) is 46.9. The summed E-state index contributed by atoms with van der Waals surface area (Å²) in [5.74, 6) is -0.0527. The Morgan fingerprint density at radius 1 is 1.00 bits per heavy atom. The molecule has 0 bridgehead atoms. The number of nitrogens with two attached hydrogens (primary N) is 1. The lowest BCUT2D eigenvalue weighted by molar-refractivity contribution is -0.144. The van der Waals surface area contributed by atoms with Crippen molar-refractivity contribution in [1.29, 1.82) is 0 Å². The maximum atomic E-state index is 13.8. The van der Waals surface area contributed by atoms with E-state index in [9.17, 15) is 14.4 Å². The van der Waals surface area contributed by atoms with Crippen molar-refractivity contribution in [3.05, 3.63) is 65.3 Å². The van der Waals surface area contributed by atoms with E-state index < -0.39 is 17.5 Å². The molecule has 3 aromatic rings. The Morgan fingerprint density at radius 3 is 2.35 bits per heavy atom. The highest BCUT2D eigenvalue weighted by Crippen LogP contribution is 2.28. The normalized spacial score (nSPS) is 15.2. The largest absolute Gasteiger partial charge is 0.494 e. The van der Waals surface area contributed by atoms with Crippen molar-refractivity contribution in [2.45, 2.75) is 72.0 Å². The average Bonchev–Trinajstić information content (AvgIpc) is 3.73. The summed E-state index contributed by atoms with van der Waals surface area (Å²) in [5.41, 5.74) is 10.7. The number of amides is 3. The fraction of sp³-hybridized carbons (Fsp3) is 0.500. The third-order valence-corrected chi connectivity index (χ3v) is 9.06.